The van der Waals surface area contributed by atoms with Gasteiger partial charge in [0.15, 0.2) is 5.11 Å². The summed E-state index contributed by atoms with van der Waals surface area (Å²) >= 11 is 10.5. The topological polar surface area (TPSA) is 77.5 Å². The van der Waals surface area contributed by atoms with Crippen LogP contribution in [0.5, 0.6) is 5.75 Å². The van der Waals surface area contributed by atoms with E-state index in [0.717, 1.165) is 16.9 Å². The number of nitrogens with zero attached hydrogens (tertiary/aromatic N) is 3. The van der Waals surface area contributed by atoms with Crippen molar-refractivity contribution < 1.29 is 4.74 Å². The predicted octanol–water partition coefficient (Wildman–Crippen LogP) is 1.76. The highest BCUT2D eigenvalue weighted by Crippen LogP contribution is 2.20. The van der Waals surface area contributed by atoms with E-state index in [-0.39, 0.29) is 5.11 Å². The number of methoxy groups -OCH3 is 1. The van der Waals surface area contributed by atoms with Gasteiger partial charge in [0.1, 0.15) is 5.75 Å². The number of rotatable bonds is 5. The maximum atomic E-state index is 5.86. The summed E-state index contributed by atoms with van der Waals surface area (Å²) in [7, 11) is 1.62. The zero-order chi connectivity index (χ0) is 15.2. The van der Waals surface area contributed by atoms with Crippen LogP contribution in [0.25, 0.3) is 0 Å². The van der Waals surface area contributed by atoms with E-state index in [0.29, 0.717) is 11.6 Å². The molecule has 1 heterocycles. The molecule has 21 heavy (non-hydrogen) atoms. The standard InChI is InChI=1S/C13H14ClN5OS/c1-20-12-3-2-9(5-16-18-13(15)21)4-10(12)7-19-8-11(14)6-17-19/h2-6,8H,7H2,1H3,(H3,15,18,21)/b16-5-. The van der Waals surface area contributed by atoms with Gasteiger partial charge in [-0.1, -0.05) is 11.6 Å². The predicted molar refractivity (Wildman–Crippen MR) is 86.8 cm³/mol. The Morgan fingerprint density at radius 2 is 2.43 bits per heavy atom. The molecular formula is C13H14ClN5OS. The molecule has 0 fully saturated rings. The van der Waals surface area contributed by atoms with Gasteiger partial charge in [-0.15, -0.1) is 0 Å². The summed E-state index contributed by atoms with van der Waals surface area (Å²) in [6.45, 7) is 0.542. The molecule has 1 aromatic carbocycles. The van der Waals surface area contributed by atoms with Crippen LogP contribution < -0.4 is 15.9 Å². The first kappa shape index (κ1) is 15.3. The van der Waals surface area contributed by atoms with Crippen molar-refractivity contribution in [2.45, 2.75) is 6.54 Å². The number of nitrogens with one attached hydrogen (secondary N) is 1. The maximum Gasteiger partial charge on any atom is 0.184 e. The van der Waals surface area contributed by atoms with Gasteiger partial charge >= 0.3 is 0 Å². The maximum absolute atomic E-state index is 5.86. The average Bonchev–Trinajstić information content (AvgIpc) is 2.84. The Hall–Kier alpha value is -2.12. The van der Waals surface area contributed by atoms with Crippen molar-refractivity contribution in [1.29, 1.82) is 0 Å². The molecule has 0 aliphatic rings. The minimum absolute atomic E-state index is 0.117. The fourth-order valence-electron chi connectivity index (χ4n) is 1.77. The van der Waals surface area contributed by atoms with Gasteiger partial charge in [0.2, 0.25) is 0 Å². The van der Waals surface area contributed by atoms with Crippen molar-refractivity contribution in [3.05, 3.63) is 46.7 Å². The van der Waals surface area contributed by atoms with Crippen molar-refractivity contribution in [2.75, 3.05) is 7.11 Å². The van der Waals surface area contributed by atoms with Crippen LogP contribution in [-0.2, 0) is 6.54 Å². The summed E-state index contributed by atoms with van der Waals surface area (Å²) in [5.41, 5.74) is 9.64. The van der Waals surface area contributed by atoms with E-state index >= 15 is 0 Å². The van der Waals surface area contributed by atoms with Crippen LogP contribution in [0.3, 0.4) is 0 Å². The number of hydrogen-bond acceptors (Lipinski definition) is 4. The summed E-state index contributed by atoms with van der Waals surface area (Å²) in [5, 5.41) is 8.78. The van der Waals surface area contributed by atoms with E-state index in [1.165, 1.54) is 0 Å². The molecule has 2 aromatic rings. The lowest BCUT2D eigenvalue weighted by molar-refractivity contribution is 0.407. The lowest BCUT2D eigenvalue weighted by atomic mass is 10.1. The Balaban J connectivity index is 2.21. The molecule has 6 nitrogen and oxygen atoms in total. The second-order valence-electron chi connectivity index (χ2n) is 4.16. The normalized spacial score (nSPS) is 10.8. The van der Waals surface area contributed by atoms with Gasteiger partial charge < -0.3 is 10.5 Å². The molecule has 1 aromatic heterocycles. The first-order valence-electron chi connectivity index (χ1n) is 6.02. The Labute approximate surface area is 132 Å². The molecule has 2 rings (SSSR count). The number of hydrogen-bond donors (Lipinski definition) is 2. The number of aromatic nitrogens is 2. The fraction of sp³-hybridized carbons (Fsp3) is 0.154. The minimum atomic E-state index is 0.117. The minimum Gasteiger partial charge on any atom is -0.496 e. The number of ether oxygens (including phenoxy) is 1. The van der Waals surface area contributed by atoms with Crippen molar-refractivity contribution in [3.8, 4) is 5.75 Å². The second-order valence-corrected chi connectivity index (χ2v) is 5.04. The average molecular weight is 324 g/mol. The largest absolute Gasteiger partial charge is 0.496 e. The lowest BCUT2D eigenvalue weighted by Gasteiger charge is -2.09. The van der Waals surface area contributed by atoms with Crippen LogP contribution in [-0.4, -0.2) is 28.2 Å². The second kappa shape index (κ2) is 7.05. The molecule has 0 aliphatic heterocycles. The smallest absolute Gasteiger partial charge is 0.184 e. The number of thiocarbonyl (C=S) groups is 1. The summed E-state index contributed by atoms with van der Waals surface area (Å²) in [4.78, 5) is 0. The molecule has 8 heteroatoms. The van der Waals surface area contributed by atoms with Gasteiger partial charge in [0.25, 0.3) is 0 Å². The fourth-order valence-corrected chi connectivity index (χ4v) is 1.98. The van der Waals surface area contributed by atoms with Crippen molar-refractivity contribution >= 4 is 35.1 Å². The number of nitrogens with two attached hydrogens (primary N) is 1. The van der Waals surface area contributed by atoms with Crippen LogP contribution >= 0.6 is 23.8 Å². The molecule has 0 amide bonds. The van der Waals surface area contributed by atoms with Crippen LogP contribution in [0.1, 0.15) is 11.1 Å². The zero-order valence-electron chi connectivity index (χ0n) is 11.3. The monoisotopic (exact) mass is 323 g/mol. The third-order valence-electron chi connectivity index (χ3n) is 2.63. The third kappa shape index (κ3) is 4.44. The van der Waals surface area contributed by atoms with E-state index < -0.39 is 0 Å². The van der Waals surface area contributed by atoms with Crippen molar-refractivity contribution in [3.63, 3.8) is 0 Å². The number of benzene rings is 1. The molecule has 0 unspecified atom stereocenters. The first-order valence-corrected chi connectivity index (χ1v) is 6.80. The molecule has 0 atom stereocenters. The number of halogens is 1. The Bertz CT molecular complexity index is 670. The first-order chi connectivity index (χ1) is 10.1. The molecular weight excluding hydrogens is 310 g/mol. The van der Waals surface area contributed by atoms with Crippen molar-refractivity contribution in [2.24, 2.45) is 10.8 Å². The molecule has 0 spiro atoms. The summed E-state index contributed by atoms with van der Waals surface area (Å²) in [6.07, 6.45) is 4.96. The lowest BCUT2D eigenvalue weighted by Crippen LogP contribution is -2.24. The highest BCUT2D eigenvalue weighted by molar-refractivity contribution is 7.80. The van der Waals surface area contributed by atoms with Gasteiger partial charge in [0, 0.05) is 11.8 Å². The quantitative estimate of drug-likeness (QED) is 0.498. The molecule has 0 aliphatic carbocycles. The molecule has 0 saturated heterocycles. The molecule has 3 N–H and O–H groups in total. The zero-order valence-corrected chi connectivity index (χ0v) is 12.9. The molecule has 110 valence electrons. The van der Waals surface area contributed by atoms with Crippen LogP contribution in [0.15, 0.2) is 35.7 Å². The van der Waals surface area contributed by atoms with Gasteiger partial charge in [-0.25, -0.2) is 0 Å². The van der Waals surface area contributed by atoms with Crippen molar-refractivity contribution in [1.82, 2.24) is 15.2 Å². The molecule has 0 bridgehead atoms. The summed E-state index contributed by atoms with van der Waals surface area (Å²) in [6, 6.07) is 5.69. The summed E-state index contributed by atoms with van der Waals surface area (Å²) in [5.74, 6) is 0.765. The van der Waals surface area contributed by atoms with Gasteiger partial charge in [-0.05, 0) is 36.0 Å². The Morgan fingerprint density at radius 1 is 1.62 bits per heavy atom. The van der Waals surface area contributed by atoms with Gasteiger partial charge in [-0.2, -0.15) is 10.2 Å². The van der Waals surface area contributed by atoms with E-state index in [2.05, 4.69) is 27.8 Å². The highest BCUT2D eigenvalue weighted by atomic mass is 35.5. The summed E-state index contributed by atoms with van der Waals surface area (Å²) < 4.78 is 7.08. The number of hydrazone groups is 1. The third-order valence-corrected chi connectivity index (χ3v) is 2.91. The van der Waals surface area contributed by atoms with Crippen LogP contribution in [0.4, 0.5) is 0 Å². The Kier molecular flexibility index (Phi) is 5.13. The van der Waals surface area contributed by atoms with E-state index in [1.807, 2.05) is 18.2 Å². The molecule has 0 radical (unpaired) electrons. The van der Waals surface area contributed by atoms with Gasteiger partial charge in [0.05, 0.1) is 31.1 Å². The Morgan fingerprint density at radius 3 is 3.05 bits per heavy atom. The highest BCUT2D eigenvalue weighted by Gasteiger charge is 2.06. The van der Waals surface area contributed by atoms with Gasteiger partial charge in [-0.3, -0.25) is 10.1 Å². The molecule has 0 saturated carbocycles. The van der Waals surface area contributed by atoms with E-state index in [4.69, 9.17) is 22.1 Å². The SMILES string of the molecule is COc1ccc(/C=N\NC(N)=S)cc1Cn1cc(Cl)cn1. The van der Waals surface area contributed by atoms with Crippen LogP contribution in [0, 0.1) is 0 Å². The van der Waals surface area contributed by atoms with Crippen LogP contribution in [0.2, 0.25) is 5.02 Å². The van der Waals surface area contributed by atoms with E-state index in [1.54, 1.807) is 30.4 Å². The van der Waals surface area contributed by atoms with E-state index in [9.17, 15) is 0 Å².